The van der Waals surface area contributed by atoms with Crippen LogP contribution in [0, 0.1) is 0 Å². The standard InChI is InChI=1S/C9H19N3O/c1-3-4-11-9(13)12-6-5-10-7-8(12)2/h8,10H,3-7H2,1-2H3,(H,11,13). The summed E-state index contributed by atoms with van der Waals surface area (Å²) in [5, 5.41) is 6.15. The molecular weight excluding hydrogens is 166 g/mol. The normalized spacial score (nSPS) is 22.9. The van der Waals surface area contributed by atoms with Gasteiger partial charge < -0.3 is 15.5 Å². The van der Waals surface area contributed by atoms with E-state index >= 15 is 0 Å². The van der Waals surface area contributed by atoms with Crippen molar-refractivity contribution in [2.75, 3.05) is 26.2 Å². The maximum absolute atomic E-state index is 11.6. The lowest BCUT2D eigenvalue weighted by molar-refractivity contribution is 0.164. The van der Waals surface area contributed by atoms with Crippen molar-refractivity contribution in [1.29, 1.82) is 0 Å². The van der Waals surface area contributed by atoms with Gasteiger partial charge >= 0.3 is 6.03 Å². The minimum absolute atomic E-state index is 0.0795. The summed E-state index contributed by atoms with van der Waals surface area (Å²) < 4.78 is 0. The Hall–Kier alpha value is -0.770. The molecule has 0 radical (unpaired) electrons. The van der Waals surface area contributed by atoms with Crippen molar-refractivity contribution >= 4 is 6.03 Å². The predicted octanol–water partition coefficient (Wildman–Crippen LogP) is 0.400. The number of rotatable bonds is 2. The van der Waals surface area contributed by atoms with Crippen molar-refractivity contribution in [3.8, 4) is 0 Å². The van der Waals surface area contributed by atoms with Crippen LogP contribution in [0.1, 0.15) is 20.3 Å². The van der Waals surface area contributed by atoms with E-state index in [1.54, 1.807) is 0 Å². The van der Waals surface area contributed by atoms with Crippen LogP contribution < -0.4 is 10.6 Å². The Morgan fingerprint density at radius 3 is 3.08 bits per heavy atom. The number of hydrogen-bond donors (Lipinski definition) is 2. The largest absolute Gasteiger partial charge is 0.338 e. The predicted molar refractivity (Wildman–Crippen MR) is 52.7 cm³/mol. The van der Waals surface area contributed by atoms with Gasteiger partial charge in [0.05, 0.1) is 0 Å². The van der Waals surface area contributed by atoms with Gasteiger partial charge in [0.2, 0.25) is 0 Å². The maximum Gasteiger partial charge on any atom is 0.317 e. The van der Waals surface area contributed by atoms with E-state index in [2.05, 4.69) is 24.5 Å². The van der Waals surface area contributed by atoms with Crippen LogP contribution in [0.5, 0.6) is 0 Å². The third-order valence-electron chi connectivity index (χ3n) is 2.29. The van der Waals surface area contributed by atoms with E-state index < -0.39 is 0 Å². The zero-order valence-electron chi connectivity index (χ0n) is 8.47. The molecule has 0 aromatic heterocycles. The SMILES string of the molecule is CCCNC(=O)N1CCNCC1C. The van der Waals surface area contributed by atoms with Gasteiger partial charge in [-0.25, -0.2) is 4.79 Å². The Kier molecular flexibility index (Phi) is 4.02. The molecule has 4 heteroatoms. The highest BCUT2D eigenvalue weighted by Crippen LogP contribution is 2.01. The van der Waals surface area contributed by atoms with E-state index in [1.165, 1.54) is 0 Å². The third kappa shape index (κ3) is 2.88. The molecule has 1 atom stereocenters. The van der Waals surface area contributed by atoms with Crippen LogP contribution in [0.3, 0.4) is 0 Å². The van der Waals surface area contributed by atoms with Crippen molar-refractivity contribution in [2.45, 2.75) is 26.3 Å². The van der Waals surface area contributed by atoms with Gasteiger partial charge in [-0.1, -0.05) is 6.92 Å². The molecule has 0 bridgehead atoms. The number of carbonyl (C=O) groups excluding carboxylic acids is 1. The molecule has 76 valence electrons. The van der Waals surface area contributed by atoms with Gasteiger partial charge in [0.1, 0.15) is 0 Å². The molecular formula is C9H19N3O. The lowest BCUT2D eigenvalue weighted by Gasteiger charge is -2.33. The second-order valence-corrected chi connectivity index (χ2v) is 3.48. The van der Waals surface area contributed by atoms with Crippen LogP contribution in [-0.2, 0) is 0 Å². The summed E-state index contributed by atoms with van der Waals surface area (Å²) in [6.45, 7) is 7.52. The van der Waals surface area contributed by atoms with Gasteiger partial charge in [-0.05, 0) is 13.3 Å². The first-order valence-electron chi connectivity index (χ1n) is 5.01. The van der Waals surface area contributed by atoms with E-state index in [9.17, 15) is 4.79 Å². The minimum Gasteiger partial charge on any atom is -0.338 e. The molecule has 1 unspecified atom stereocenters. The van der Waals surface area contributed by atoms with Gasteiger partial charge in [0, 0.05) is 32.2 Å². The lowest BCUT2D eigenvalue weighted by atomic mass is 10.2. The fraction of sp³-hybridized carbons (Fsp3) is 0.889. The summed E-state index contributed by atoms with van der Waals surface area (Å²) >= 11 is 0. The van der Waals surface area contributed by atoms with Crippen molar-refractivity contribution in [2.24, 2.45) is 0 Å². The highest BCUT2D eigenvalue weighted by Gasteiger charge is 2.21. The van der Waals surface area contributed by atoms with E-state index in [4.69, 9.17) is 0 Å². The molecule has 2 amide bonds. The van der Waals surface area contributed by atoms with E-state index in [0.717, 1.165) is 32.6 Å². The van der Waals surface area contributed by atoms with Gasteiger partial charge in [-0.15, -0.1) is 0 Å². The monoisotopic (exact) mass is 185 g/mol. The molecule has 0 aromatic rings. The summed E-state index contributed by atoms with van der Waals surface area (Å²) in [5.41, 5.74) is 0. The zero-order chi connectivity index (χ0) is 9.68. The highest BCUT2D eigenvalue weighted by atomic mass is 16.2. The second kappa shape index (κ2) is 5.07. The Bertz CT molecular complexity index is 172. The van der Waals surface area contributed by atoms with Gasteiger partial charge in [-0.3, -0.25) is 0 Å². The number of urea groups is 1. The number of hydrogen-bond acceptors (Lipinski definition) is 2. The third-order valence-corrected chi connectivity index (χ3v) is 2.29. The van der Waals surface area contributed by atoms with E-state index in [0.29, 0.717) is 6.04 Å². The number of carbonyl (C=O) groups is 1. The first-order chi connectivity index (χ1) is 6.25. The molecule has 0 aliphatic carbocycles. The van der Waals surface area contributed by atoms with E-state index in [1.807, 2.05) is 4.90 Å². The lowest BCUT2D eigenvalue weighted by Crippen LogP contribution is -2.55. The summed E-state index contributed by atoms with van der Waals surface area (Å²) in [4.78, 5) is 13.4. The molecule has 2 N–H and O–H groups in total. The molecule has 4 nitrogen and oxygen atoms in total. The molecule has 1 fully saturated rings. The molecule has 1 aliphatic heterocycles. The average Bonchev–Trinajstić information content (AvgIpc) is 2.15. The molecule has 0 aromatic carbocycles. The fourth-order valence-electron chi connectivity index (χ4n) is 1.48. The smallest absolute Gasteiger partial charge is 0.317 e. The molecule has 1 aliphatic rings. The molecule has 1 heterocycles. The topological polar surface area (TPSA) is 44.4 Å². The summed E-state index contributed by atoms with van der Waals surface area (Å²) in [5.74, 6) is 0. The van der Waals surface area contributed by atoms with E-state index in [-0.39, 0.29) is 6.03 Å². The van der Waals surface area contributed by atoms with Crippen molar-refractivity contribution < 1.29 is 4.79 Å². The van der Waals surface area contributed by atoms with Gasteiger partial charge in [0.25, 0.3) is 0 Å². The average molecular weight is 185 g/mol. The Balaban J connectivity index is 2.35. The number of nitrogens with zero attached hydrogens (tertiary/aromatic N) is 1. The first kappa shape index (κ1) is 10.3. The number of nitrogens with one attached hydrogen (secondary N) is 2. The van der Waals surface area contributed by atoms with Crippen LogP contribution in [0.4, 0.5) is 4.79 Å². The minimum atomic E-state index is 0.0795. The highest BCUT2D eigenvalue weighted by molar-refractivity contribution is 5.74. The second-order valence-electron chi connectivity index (χ2n) is 3.48. The Morgan fingerprint density at radius 1 is 1.69 bits per heavy atom. The van der Waals surface area contributed by atoms with Crippen LogP contribution in [0.25, 0.3) is 0 Å². The van der Waals surface area contributed by atoms with Crippen LogP contribution in [0.15, 0.2) is 0 Å². The van der Waals surface area contributed by atoms with Crippen LogP contribution in [0.2, 0.25) is 0 Å². The maximum atomic E-state index is 11.6. The Labute approximate surface area is 79.7 Å². The summed E-state index contributed by atoms with van der Waals surface area (Å²) in [6.07, 6.45) is 0.992. The quantitative estimate of drug-likeness (QED) is 0.654. The summed E-state index contributed by atoms with van der Waals surface area (Å²) in [7, 11) is 0. The summed E-state index contributed by atoms with van der Waals surface area (Å²) in [6, 6.07) is 0.390. The molecule has 0 saturated carbocycles. The number of amides is 2. The molecule has 13 heavy (non-hydrogen) atoms. The van der Waals surface area contributed by atoms with Crippen molar-refractivity contribution in [3.05, 3.63) is 0 Å². The van der Waals surface area contributed by atoms with Gasteiger partial charge in [-0.2, -0.15) is 0 Å². The zero-order valence-corrected chi connectivity index (χ0v) is 8.47. The molecule has 0 spiro atoms. The van der Waals surface area contributed by atoms with Crippen molar-refractivity contribution in [1.82, 2.24) is 15.5 Å². The molecule has 1 rings (SSSR count). The molecule has 1 saturated heterocycles. The van der Waals surface area contributed by atoms with Gasteiger partial charge in [0.15, 0.2) is 0 Å². The Morgan fingerprint density at radius 2 is 2.46 bits per heavy atom. The van der Waals surface area contributed by atoms with Crippen LogP contribution in [-0.4, -0.2) is 43.2 Å². The van der Waals surface area contributed by atoms with Crippen LogP contribution >= 0.6 is 0 Å². The first-order valence-corrected chi connectivity index (χ1v) is 5.01. The number of piperazine rings is 1. The van der Waals surface area contributed by atoms with Crippen molar-refractivity contribution in [3.63, 3.8) is 0 Å². The fourth-order valence-corrected chi connectivity index (χ4v) is 1.48.